The molecule has 1 fully saturated rings. The summed E-state index contributed by atoms with van der Waals surface area (Å²) < 4.78 is 0. The highest BCUT2D eigenvalue weighted by molar-refractivity contribution is 5.54. The third-order valence-electron chi connectivity index (χ3n) is 1.83. The molecule has 0 heterocycles. The molecule has 0 aromatic heterocycles. The van der Waals surface area contributed by atoms with Crippen LogP contribution >= 0.6 is 0 Å². The molecular weight excluding hydrogens is 164 g/mol. The van der Waals surface area contributed by atoms with Crippen LogP contribution in [0.5, 0.6) is 0 Å². The summed E-state index contributed by atoms with van der Waals surface area (Å²) in [6, 6.07) is 8.60. The number of aliphatic hydroxyl groups excluding tert-OH is 1. The molecule has 72 valence electrons. The van der Waals surface area contributed by atoms with E-state index in [9.17, 15) is 0 Å². The van der Waals surface area contributed by atoms with E-state index in [4.69, 9.17) is 10.8 Å². The lowest BCUT2D eigenvalue weighted by molar-refractivity contribution is 0.399. The maximum absolute atomic E-state index is 7.00. The number of nitrogens with one attached hydrogen (secondary N) is 1. The summed E-state index contributed by atoms with van der Waals surface area (Å²) in [4.78, 5) is 0. The maximum Gasteiger partial charge on any atom is 0.0362 e. The Labute approximate surface area is 78.6 Å². The van der Waals surface area contributed by atoms with Gasteiger partial charge in [-0.15, -0.1) is 0 Å². The molecule has 0 spiro atoms. The topological polar surface area (TPSA) is 58.3 Å². The zero-order valence-electron chi connectivity index (χ0n) is 7.83. The van der Waals surface area contributed by atoms with Crippen LogP contribution in [-0.4, -0.2) is 18.3 Å². The highest BCUT2D eigenvalue weighted by Gasteiger charge is 2.20. The molecule has 3 heteroatoms. The van der Waals surface area contributed by atoms with Crippen LogP contribution < -0.4 is 11.1 Å². The Morgan fingerprint density at radius 3 is 2.62 bits per heavy atom. The van der Waals surface area contributed by atoms with Crippen LogP contribution in [0.15, 0.2) is 24.3 Å². The summed E-state index contributed by atoms with van der Waals surface area (Å²) in [7, 11) is 1.00. The first-order valence-corrected chi connectivity index (χ1v) is 4.41. The molecule has 0 aliphatic heterocycles. The fourth-order valence-corrected chi connectivity index (χ4v) is 1.09. The van der Waals surface area contributed by atoms with E-state index in [2.05, 4.69) is 11.4 Å². The van der Waals surface area contributed by atoms with Crippen LogP contribution in [0.3, 0.4) is 0 Å². The Balaban J connectivity index is 0.000000396. The van der Waals surface area contributed by atoms with Crippen molar-refractivity contribution in [3.8, 4) is 0 Å². The van der Waals surface area contributed by atoms with Crippen molar-refractivity contribution < 1.29 is 5.11 Å². The Hall–Kier alpha value is -1.22. The molecule has 1 aliphatic carbocycles. The number of nitrogen functional groups attached to an aromatic ring is 1. The van der Waals surface area contributed by atoms with Gasteiger partial charge < -0.3 is 16.2 Å². The molecule has 1 aliphatic rings. The second-order valence-electron chi connectivity index (χ2n) is 3.04. The molecule has 1 aromatic carbocycles. The lowest BCUT2D eigenvalue weighted by Crippen LogP contribution is -2.00. The Kier molecular flexibility index (Phi) is 3.58. The van der Waals surface area contributed by atoms with E-state index in [-0.39, 0.29) is 0 Å². The molecular formula is C10H16N2O. The molecule has 13 heavy (non-hydrogen) atoms. The Morgan fingerprint density at radius 2 is 2.08 bits per heavy atom. The summed E-state index contributed by atoms with van der Waals surface area (Å²) in [6.07, 6.45) is 2.60. The van der Waals surface area contributed by atoms with Gasteiger partial charge in [-0.1, -0.05) is 6.07 Å². The van der Waals surface area contributed by atoms with Gasteiger partial charge in [0, 0.05) is 24.5 Å². The lowest BCUT2D eigenvalue weighted by atomic mass is 10.3. The predicted molar refractivity (Wildman–Crippen MR) is 55.6 cm³/mol. The highest BCUT2D eigenvalue weighted by Crippen LogP contribution is 2.25. The monoisotopic (exact) mass is 180 g/mol. The normalized spacial score (nSPS) is 14.3. The fourth-order valence-electron chi connectivity index (χ4n) is 1.09. The quantitative estimate of drug-likeness (QED) is 0.604. The molecule has 2 rings (SSSR count). The van der Waals surface area contributed by atoms with E-state index in [0.29, 0.717) is 6.04 Å². The molecule has 0 atom stereocenters. The van der Waals surface area contributed by atoms with Crippen molar-refractivity contribution in [2.45, 2.75) is 18.9 Å². The Morgan fingerprint density at radius 1 is 1.38 bits per heavy atom. The van der Waals surface area contributed by atoms with Crippen molar-refractivity contribution in [3.63, 3.8) is 0 Å². The zero-order chi connectivity index (χ0) is 9.68. The molecule has 0 unspecified atom stereocenters. The van der Waals surface area contributed by atoms with E-state index in [1.54, 1.807) is 0 Å². The van der Waals surface area contributed by atoms with Crippen LogP contribution in [0, 0.1) is 0 Å². The lowest BCUT2D eigenvalue weighted by Gasteiger charge is -2.03. The second-order valence-corrected chi connectivity index (χ2v) is 3.04. The highest BCUT2D eigenvalue weighted by atomic mass is 16.2. The van der Waals surface area contributed by atoms with Gasteiger partial charge in [-0.3, -0.25) is 0 Å². The van der Waals surface area contributed by atoms with Gasteiger partial charge in [0.2, 0.25) is 0 Å². The smallest absolute Gasteiger partial charge is 0.0362 e. The first kappa shape index (κ1) is 9.86. The van der Waals surface area contributed by atoms with E-state index < -0.39 is 0 Å². The average Bonchev–Trinajstić information content (AvgIpc) is 2.92. The molecule has 4 N–H and O–H groups in total. The standard InChI is InChI=1S/C9H12N2.CH4O/c10-7-2-1-3-9(6-7)11-8-4-5-8;1-2/h1-3,6,8,11H,4-5,10H2;2H,1H3. The average molecular weight is 180 g/mol. The van der Waals surface area contributed by atoms with E-state index in [1.165, 1.54) is 12.8 Å². The van der Waals surface area contributed by atoms with Crippen molar-refractivity contribution >= 4 is 11.4 Å². The SMILES string of the molecule is CO.Nc1cccc(NC2CC2)c1. The summed E-state index contributed by atoms with van der Waals surface area (Å²) in [5.41, 5.74) is 7.59. The number of anilines is 2. The zero-order valence-corrected chi connectivity index (χ0v) is 7.83. The minimum Gasteiger partial charge on any atom is -0.400 e. The first-order chi connectivity index (χ1) is 6.34. The van der Waals surface area contributed by atoms with Crippen molar-refractivity contribution in [1.82, 2.24) is 0 Å². The Bertz CT molecular complexity index is 259. The van der Waals surface area contributed by atoms with Gasteiger partial charge in [-0.25, -0.2) is 0 Å². The van der Waals surface area contributed by atoms with Crippen LogP contribution in [-0.2, 0) is 0 Å². The summed E-state index contributed by atoms with van der Waals surface area (Å²) in [6.45, 7) is 0. The first-order valence-electron chi connectivity index (χ1n) is 4.41. The molecule has 1 saturated carbocycles. The van der Waals surface area contributed by atoms with E-state index in [0.717, 1.165) is 18.5 Å². The molecule has 0 radical (unpaired) electrons. The number of nitrogens with two attached hydrogens (primary N) is 1. The molecule has 0 bridgehead atoms. The minimum absolute atomic E-state index is 0.705. The van der Waals surface area contributed by atoms with Crippen LogP contribution in [0.1, 0.15) is 12.8 Å². The van der Waals surface area contributed by atoms with Gasteiger partial charge in [-0.05, 0) is 31.0 Å². The largest absolute Gasteiger partial charge is 0.400 e. The molecule has 3 nitrogen and oxygen atoms in total. The van der Waals surface area contributed by atoms with Crippen molar-refractivity contribution in [2.75, 3.05) is 18.2 Å². The second kappa shape index (κ2) is 4.72. The van der Waals surface area contributed by atoms with Gasteiger partial charge in [0.1, 0.15) is 0 Å². The summed E-state index contributed by atoms with van der Waals surface area (Å²) >= 11 is 0. The molecule has 1 aromatic rings. The van der Waals surface area contributed by atoms with Crippen molar-refractivity contribution in [1.29, 1.82) is 0 Å². The van der Waals surface area contributed by atoms with Gasteiger partial charge in [0.05, 0.1) is 0 Å². The minimum atomic E-state index is 0.705. The third-order valence-corrected chi connectivity index (χ3v) is 1.83. The van der Waals surface area contributed by atoms with Gasteiger partial charge >= 0.3 is 0 Å². The molecule has 0 amide bonds. The summed E-state index contributed by atoms with van der Waals surface area (Å²) in [5.74, 6) is 0. The number of hydrogen-bond donors (Lipinski definition) is 3. The van der Waals surface area contributed by atoms with Crippen LogP contribution in [0.25, 0.3) is 0 Å². The van der Waals surface area contributed by atoms with Gasteiger partial charge in [0.15, 0.2) is 0 Å². The van der Waals surface area contributed by atoms with E-state index in [1.807, 2.05) is 18.2 Å². The number of aliphatic hydroxyl groups is 1. The predicted octanol–water partition coefficient (Wildman–Crippen LogP) is 1.45. The van der Waals surface area contributed by atoms with E-state index >= 15 is 0 Å². The van der Waals surface area contributed by atoms with Gasteiger partial charge in [-0.2, -0.15) is 0 Å². The number of benzene rings is 1. The van der Waals surface area contributed by atoms with Crippen molar-refractivity contribution in [2.24, 2.45) is 0 Å². The maximum atomic E-state index is 7.00. The van der Waals surface area contributed by atoms with Crippen LogP contribution in [0.2, 0.25) is 0 Å². The number of hydrogen-bond acceptors (Lipinski definition) is 3. The molecule has 0 saturated heterocycles. The summed E-state index contributed by atoms with van der Waals surface area (Å²) in [5, 5.41) is 10.4. The number of rotatable bonds is 2. The van der Waals surface area contributed by atoms with Crippen molar-refractivity contribution in [3.05, 3.63) is 24.3 Å². The third kappa shape index (κ3) is 3.34. The van der Waals surface area contributed by atoms with Crippen LogP contribution in [0.4, 0.5) is 11.4 Å². The van der Waals surface area contributed by atoms with Gasteiger partial charge in [0.25, 0.3) is 0 Å². The fraction of sp³-hybridized carbons (Fsp3) is 0.400.